The Hall–Kier alpha value is -3.48. The molecule has 1 aliphatic heterocycles. The number of anilines is 1. The van der Waals surface area contributed by atoms with E-state index in [1.807, 2.05) is 38.1 Å². The van der Waals surface area contributed by atoms with E-state index in [1.54, 1.807) is 36.4 Å². The van der Waals surface area contributed by atoms with E-state index in [2.05, 4.69) is 0 Å². The Kier molecular flexibility index (Phi) is 7.05. The number of benzene rings is 3. The Morgan fingerprint density at radius 3 is 2.43 bits per heavy atom. The molecule has 1 heterocycles. The van der Waals surface area contributed by atoms with E-state index in [9.17, 15) is 14.7 Å². The van der Waals surface area contributed by atoms with E-state index >= 15 is 0 Å². The number of ether oxygens (including phenoxy) is 2. The molecule has 1 atom stereocenters. The summed E-state index contributed by atoms with van der Waals surface area (Å²) in [7, 11) is 1.49. The number of hydrogen-bond donors (Lipinski definition) is 1. The summed E-state index contributed by atoms with van der Waals surface area (Å²) in [6, 6.07) is 16.1. The van der Waals surface area contributed by atoms with Gasteiger partial charge in [-0.3, -0.25) is 14.5 Å². The van der Waals surface area contributed by atoms with Crippen molar-refractivity contribution in [3.05, 3.63) is 93.0 Å². The summed E-state index contributed by atoms with van der Waals surface area (Å²) in [5.74, 6) is -1.11. The lowest BCUT2D eigenvalue weighted by atomic mass is 9.92. The number of methoxy groups -OCH3 is 1. The first-order chi connectivity index (χ1) is 16.8. The first-order valence-electron chi connectivity index (χ1n) is 10.9. The van der Waals surface area contributed by atoms with Gasteiger partial charge in [-0.1, -0.05) is 47.5 Å². The fourth-order valence-electron chi connectivity index (χ4n) is 4.18. The Morgan fingerprint density at radius 2 is 1.77 bits per heavy atom. The number of nitrogens with zero attached hydrogens (tertiary/aromatic N) is 1. The molecule has 0 saturated carbocycles. The zero-order chi connectivity index (χ0) is 25.3. The van der Waals surface area contributed by atoms with Gasteiger partial charge in [0.1, 0.15) is 17.3 Å². The SMILES string of the molecule is CCOc1ccc(Cl)c(/C(O)=C2\C(=O)C(=O)N(c3ccc(OC)c(Cl)c3)C2c2ccccc2C)c1. The molecule has 6 nitrogen and oxygen atoms in total. The number of halogens is 2. The molecule has 35 heavy (non-hydrogen) atoms. The average molecular weight is 512 g/mol. The van der Waals surface area contributed by atoms with Crippen molar-refractivity contribution >= 4 is 46.3 Å². The lowest BCUT2D eigenvalue weighted by Gasteiger charge is -2.27. The summed E-state index contributed by atoms with van der Waals surface area (Å²) in [6.45, 7) is 4.12. The zero-order valence-corrected chi connectivity index (χ0v) is 20.9. The number of hydrogen-bond acceptors (Lipinski definition) is 5. The molecule has 1 saturated heterocycles. The van der Waals surface area contributed by atoms with Crippen molar-refractivity contribution in [1.82, 2.24) is 0 Å². The minimum absolute atomic E-state index is 0.0770. The largest absolute Gasteiger partial charge is 0.507 e. The van der Waals surface area contributed by atoms with Crippen LogP contribution in [0.1, 0.15) is 29.7 Å². The highest BCUT2D eigenvalue weighted by Gasteiger charge is 2.47. The number of aliphatic hydroxyl groups excluding tert-OH is 1. The van der Waals surface area contributed by atoms with Crippen LogP contribution in [-0.4, -0.2) is 30.5 Å². The van der Waals surface area contributed by atoms with Gasteiger partial charge in [0.05, 0.1) is 35.4 Å². The lowest BCUT2D eigenvalue weighted by Crippen LogP contribution is -2.29. The monoisotopic (exact) mass is 511 g/mol. The molecule has 1 N–H and O–H groups in total. The van der Waals surface area contributed by atoms with Gasteiger partial charge in [0.25, 0.3) is 11.7 Å². The van der Waals surface area contributed by atoms with Crippen LogP contribution in [0.3, 0.4) is 0 Å². The summed E-state index contributed by atoms with van der Waals surface area (Å²) >= 11 is 12.7. The highest BCUT2D eigenvalue weighted by Crippen LogP contribution is 2.45. The molecule has 8 heteroatoms. The molecule has 0 spiro atoms. The Morgan fingerprint density at radius 1 is 1.03 bits per heavy atom. The molecule has 1 fully saturated rings. The van der Waals surface area contributed by atoms with Gasteiger partial charge in [-0.05, 0) is 61.4 Å². The second-order valence-corrected chi connectivity index (χ2v) is 8.73. The summed E-state index contributed by atoms with van der Waals surface area (Å²) in [6.07, 6.45) is 0. The molecular weight excluding hydrogens is 489 g/mol. The minimum atomic E-state index is -0.910. The molecular formula is C27H23Cl2NO5. The normalized spacial score (nSPS) is 17.1. The standard InChI is InChI=1S/C27H23Cl2NO5/c1-4-35-17-10-11-20(28)19(14-17)25(31)23-24(18-8-6-5-7-15(18)2)30(27(33)26(23)32)16-9-12-22(34-3)21(29)13-16/h5-14,24,31H,4H2,1-3H3/b25-23+. The average Bonchev–Trinajstić information content (AvgIpc) is 3.10. The Labute approximate surface area is 213 Å². The van der Waals surface area contributed by atoms with Crippen molar-refractivity contribution in [1.29, 1.82) is 0 Å². The van der Waals surface area contributed by atoms with E-state index in [-0.39, 0.29) is 26.9 Å². The fraction of sp³-hybridized carbons (Fsp3) is 0.185. The first-order valence-corrected chi connectivity index (χ1v) is 11.7. The molecule has 3 aromatic rings. The van der Waals surface area contributed by atoms with Gasteiger partial charge in [-0.2, -0.15) is 0 Å². The quantitative estimate of drug-likeness (QED) is 0.237. The van der Waals surface area contributed by atoms with Gasteiger partial charge in [-0.25, -0.2) is 0 Å². The van der Waals surface area contributed by atoms with Crippen LogP contribution in [0.5, 0.6) is 11.5 Å². The number of carbonyl (C=O) groups is 2. The number of ketones is 1. The number of Topliss-reactive ketones (excluding diaryl/α,β-unsaturated/α-hetero) is 1. The van der Waals surface area contributed by atoms with Gasteiger partial charge in [-0.15, -0.1) is 0 Å². The van der Waals surface area contributed by atoms with Crippen LogP contribution in [0.25, 0.3) is 5.76 Å². The summed E-state index contributed by atoms with van der Waals surface area (Å²) in [5.41, 5.74) is 2.02. The number of aliphatic hydroxyl groups is 1. The third-order valence-corrected chi connectivity index (χ3v) is 6.47. The second-order valence-electron chi connectivity index (χ2n) is 7.92. The predicted molar refractivity (Wildman–Crippen MR) is 137 cm³/mol. The Bertz CT molecular complexity index is 1350. The molecule has 3 aromatic carbocycles. The van der Waals surface area contributed by atoms with Crippen molar-refractivity contribution < 1.29 is 24.2 Å². The molecule has 0 aliphatic carbocycles. The highest BCUT2D eigenvalue weighted by molar-refractivity contribution is 6.52. The van der Waals surface area contributed by atoms with E-state index in [0.29, 0.717) is 29.4 Å². The smallest absolute Gasteiger partial charge is 0.300 e. The molecule has 1 amide bonds. The third kappa shape index (κ3) is 4.47. The number of aryl methyl sites for hydroxylation is 1. The summed E-state index contributed by atoms with van der Waals surface area (Å²) < 4.78 is 10.8. The maximum absolute atomic E-state index is 13.4. The molecule has 4 rings (SSSR count). The van der Waals surface area contributed by atoms with Crippen molar-refractivity contribution in [3.63, 3.8) is 0 Å². The van der Waals surface area contributed by atoms with Gasteiger partial charge >= 0.3 is 0 Å². The van der Waals surface area contributed by atoms with Crippen molar-refractivity contribution in [2.24, 2.45) is 0 Å². The fourth-order valence-corrected chi connectivity index (χ4v) is 4.64. The Balaban J connectivity index is 1.97. The topological polar surface area (TPSA) is 76.1 Å². The van der Waals surface area contributed by atoms with Crippen LogP contribution in [0.4, 0.5) is 5.69 Å². The minimum Gasteiger partial charge on any atom is -0.507 e. The first kappa shape index (κ1) is 24.6. The predicted octanol–water partition coefficient (Wildman–Crippen LogP) is 6.34. The molecule has 180 valence electrons. The highest BCUT2D eigenvalue weighted by atomic mass is 35.5. The molecule has 0 radical (unpaired) electrons. The van der Waals surface area contributed by atoms with Crippen LogP contribution < -0.4 is 14.4 Å². The molecule has 1 unspecified atom stereocenters. The van der Waals surface area contributed by atoms with E-state index < -0.39 is 17.7 Å². The summed E-state index contributed by atoms with van der Waals surface area (Å²) in [5, 5.41) is 11.9. The van der Waals surface area contributed by atoms with Crippen LogP contribution in [0, 0.1) is 6.92 Å². The van der Waals surface area contributed by atoms with Crippen LogP contribution in [0.15, 0.2) is 66.2 Å². The number of carbonyl (C=O) groups excluding carboxylic acids is 2. The summed E-state index contributed by atoms with van der Waals surface area (Å²) in [4.78, 5) is 28.1. The maximum Gasteiger partial charge on any atom is 0.300 e. The van der Waals surface area contributed by atoms with Crippen molar-refractivity contribution in [2.75, 3.05) is 18.6 Å². The second kappa shape index (κ2) is 10.0. The van der Waals surface area contributed by atoms with Crippen molar-refractivity contribution in [2.45, 2.75) is 19.9 Å². The zero-order valence-electron chi connectivity index (χ0n) is 19.3. The van der Waals surface area contributed by atoms with Gasteiger partial charge in [0.2, 0.25) is 0 Å². The maximum atomic E-state index is 13.4. The van der Waals surface area contributed by atoms with E-state index in [4.69, 9.17) is 32.7 Å². The van der Waals surface area contributed by atoms with Gasteiger partial charge in [0, 0.05) is 11.3 Å². The lowest BCUT2D eigenvalue weighted by molar-refractivity contribution is -0.132. The number of rotatable bonds is 6. The van der Waals surface area contributed by atoms with Crippen LogP contribution >= 0.6 is 23.2 Å². The molecule has 0 aromatic heterocycles. The van der Waals surface area contributed by atoms with Crippen LogP contribution in [0.2, 0.25) is 10.0 Å². The van der Waals surface area contributed by atoms with E-state index in [0.717, 1.165) is 5.56 Å². The van der Waals surface area contributed by atoms with Crippen molar-refractivity contribution in [3.8, 4) is 11.5 Å². The van der Waals surface area contributed by atoms with Gasteiger partial charge < -0.3 is 14.6 Å². The van der Waals surface area contributed by atoms with E-state index in [1.165, 1.54) is 12.0 Å². The third-order valence-electron chi connectivity index (χ3n) is 5.84. The van der Waals surface area contributed by atoms with Crippen LogP contribution in [-0.2, 0) is 9.59 Å². The van der Waals surface area contributed by atoms with Gasteiger partial charge in [0.15, 0.2) is 0 Å². The number of amides is 1. The molecule has 1 aliphatic rings. The molecule has 0 bridgehead atoms.